The van der Waals surface area contributed by atoms with Crippen LogP contribution < -0.4 is 10.1 Å². The van der Waals surface area contributed by atoms with Gasteiger partial charge in [0.2, 0.25) is 0 Å². The fraction of sp³-hybridized carbons (Fsp3) is 0.350. The van der Waals surface area contributed by atoms with Crippen LogP contribution >= 0.6 is 23.2 Å². The molecule has 2 aromatic rings. The van der Waals surface area contributed by atoms with Crippen molar-refractivity contribution in [3.05, 3.63) is 51.5 Å². The molecule has 0 saturated carbocycles. The fourth-order valence-electron chi connectivity index (χ4n) is 2.55. The molecular formula is C20H23Cl2NO3. The van der Waals surface area contributed by atoms with Crippen molar-refractivity contribution in [1.82, 2.24) is 0 Å². The second-order valence-electron chi connectivity index (χ2n) is 6.10. The number of hydrogen-bond acceptors (Lipinski definition) is 3. The number of rotatable bonds is 8. The average Bonchev–Trinajstić information content (AvgIpc) is 2.64. The third kappa shape index (κ3) is 5.29. The van der Waals surface area contributed by atoms with E-state index in [-0.39, 0.29) is 23.1 Å². The minimum atomic E-state index is -0.403. The third-order valence-corrected chi connectivity index (χ3v) is 4.93. The van der Waals surface area contributed by atoms with Gasteiger partial charge in [-0.05, 0) is 43.0 Å². The van der Waals surface area contributed by atoms with Crippen LogP contribution in [-0.4, -0.2) is 17.6 Å². The Bertz CT molecular complexity index is 778. The van der Waals surface area contributed by atoms with Gasteiger partial charge in [-0.1, -0.05) is 61.2 Å². The monoisotopic (exact) mass is 395 g/mol. The summed E-state index contributed by atoms with van der Waals surface area (Å²) in [6.45, 7) is 3.67. The van der Waals surface area contributed by atoms with E-state index in [0.29, 0.717) is 16.3 Å². The van der Waals surface area contributed by atoms with E-state index in [2.05, 4.69) is 12.2 Å². The molecule has 0 radical (unpaired) electrons. The molecule has 2 N–H and O–H groups in total. The van der Waals surface area contributed by atoms with Crippen LogP contribution in [0.4, 0.5) is 5.69 Å². The molecule has 2 rings (SSSR count). The van der Waals surface area contributed by atoms with Gasteiger partial charge >= 0.3 is 0 Å². The van der Waals surface area contributed by atoms with Crippen LogP contribution in [0.5, 0.6) is 11.5 Å². The summed E-state index contributed by atoms with van der Waals surface area (Å²) >= 11 is 12.1. The maximum atomic E-state index is 12.2. The molecule has 2 aromatic carbocycles. The maximum absolute atomic E-state index is 12.2. The highest BCUT2D eigenvalue weighted by atomic mass is 35.5. The van der Waals surface area contributed by atoms with Crippen LogP contribution in [0.2, 0.25) is 10.0 Å². The molecule has 0 spiro atoms. The minimum absolute atomic E-state index is 0.120. The molecular weight excluding hydrogens is 373 g/mol. The Morgan fingerprint density at radius 3 is 2.69 bits per heavy atom. The van der Waals surface area contributed by atoms with Crippen molar-refractivity contribution in [2.24, 2.45) is 0 Å². The van der Waals surface area contributed by atoms with E-state index in [9.17, 15) is 9.90 Å². The number of halogens is 2. The molecule has 26 heavy (non-hydrogen) atoms. The zero-order chi connectivity index (χ0) is 19.1. The number of benzene rings is 2. The Morgan fingerprint density at radius 2 is 1.96 bits per heavy atom. The molecule has 0 bridgehead atoms. The highest BCUT2D eigenvalue weighted by molar-refractivity contribution is 6.37. The number of unbranched alkanes of at least 4 members (excludes halogenated alkanes) is 2. The Morgan fingerprint density at radius 1 is 1.23 bits per heavy atom. The van der Waals surface area contributed by atoms with Crippen LogP contribution in [0, 0.1) is 6.92 Å². The lowest BCUT2D eigenvalue weighted by molar-refractivity contribution is -0.118. The smallest absolute Gasteiger partial charge is 0.262 e. The van der Waals surface area contributed by atoms with E-state index in [1.54, 1.807) is 6.92 Å². The summed E-state index contributed by atoms with van der Waals surface area (Å²) < 4.78 is 5.67. The molecule has 0 aliphatic heterocycles. The van der Waals surface area contributed by atoms with E-state index in [1.807, 2.05) is 24.3 Å². The second kappa shape index (κ2) is 9.70. The number of aromatic hydroxyl groups is 1. The normalized spacial score (nSPS) is 10.6. The molecule has 0 fully saturated rings. The number of nitrogens with one attached hydrogen (secondary N) is 1. The van der Waals surface area contributed by atoms with Crippen molar-refractivity contribution in [2.45, 2.75) is 39.5 Å². The Balaban J connectivity index is 2.00. The number of hydrogen-bond donors (Lipinski definition) is 2. The third-order valence-electron chi connectivity index (χ3n) is 4.08. The summed E-state index contributed by atoms with van der Waals surface area (Å²) in [6.07, 6.45) is 4.30. The standard InChI is InChI=1S/C20H23Cl2NO3/c1-3-4-5-8-14-9-6-7-10-17(14)26-12-18(24)23-16-11-15(21)13(2)19(22)20(16)25/h6-7,9-11,25H,3-5,8,12H2,1-2H3,(H,23,24). The molecule has 0 atom stereocenters. The quantitative estimate of drug-likeness (QED) is 0.441. The maximum Gasteiger partial charge on any atom is 0.262 e. The number of phenolic OH excluding ortho intramolecular Hbond substituents is 1. The first-order valence-electron chi connectivity index (χ1n) is 8.62. The van der Waals surface area contributed by atoms with Crippen LogP contribution in [0.1, 0.15) is 37.3 Å². The van der Waals surface area contributed by atoms with Gasteiger partial charge in [0.25, 0.3) is 5.91 Å². The van der Waals surface area contributed by atoms with Crippen molar-refractivity contribution in [3.63, 3.8) is 0 Å². The molecule has 4 nitrogen and oxygen atoms in total. The summed E-state index contributed by atoms with van der Waals surface area (Å²) in [5, 5.41) is 13.1. The van der Waals surface area contributed by atoms with E-state index >= 15 is 0 Å². The first-order chi connectivity index (χ1) is 12.4. The number of anilines is 1. The van der Waals surface area contributed by atoms with E-state index in [4.69, 9.17) is 27.9 Å². The Hall–Kier alpha value is -1.91. The van der Waals surface area contributed by atoms with Gasteiger partial charge in [0, 0.05) is 5.02 Å². The average molecular weight is 396 g/mol. The summed E-state index contributed by atoms with van der Waals surface area (Å²) in [7, 11) is 0. The number of ether oxygens (including phenoxy) is 1. The van der Waals surface area contributed by atoms with Gasteiger partial charge in [-0.2, -0.15) is 0 Å². The summed E-state index contributed by atoms with van der Waals surface area (Å²) in [6, 6.07) is 9.17. The van der Waals surface area contributed by atoms with Crippen molar-refractivity contribution in [1.29, 1.82) is 0 Å². The Labute approximate surface area is 164 Å². The van der Waals surface area contributed by atoms with Crippen molar-refractivity contribution in [3.8, 4) is 11.5 Å². The molecule has 1 amide bonds. The molecule has 6 heteroatoms. The highest BCUT2D eigenvalue weighted by Gasteiger charge is 2.15. The number of aryl methyl sites for hydroxylation is 1. The fourth-order valence-corrected chi connectivity index (χ4v) is 3.00. The van der Waals surface area contributed by atoms with Crippen LogP contribution in [0.25, 0.3) is 0 Å². The summed E-state index contributed by atoms with van der Waals surface area (Å²) in [5.41, 5.74) is 1.80. The second-order valence-corrected chi connectivity index (χ2v) is 6.88. The number of para-hydroxylation sites is 1. The predicted octanol–water partition coefficient (Wildman–Crippen LogP) is 5.76. The van der Waals surface area contributed by atoms with Gasteiger partial charge in [0.05, 0.1) is 10.7 Å². The number of carbonyl (C=O) groups excluding carboxylic acids is 1. The van der Waals surface area contributed by atoms with Crippen molar-refractivity contribution >= 4 is 34.8 Å². The van der Waals surface area contributed by atoms with Crippen LogP contribution in [0.15, 0.2) is 30.3 Å². The topological polar surface area (TPSA) is 58.6 Å². The number of amides is 1. The van der Waals surface area contributed by atoms with E-state index in [1.165, 1.54) is 6.07 Å². The molecule has 0 heterocycles. The first kappa shape index (κ1) is 20.4. The molecule has 0 aliphatic carbocycles. The summed E-state index contributed by atoms with van der Waals surface area (Å²) in [4.78, 5) is 12.2. The number of carbonyl (C=O) groups is 1. The van der Waals surface area contributed by atoms with Gasteiger partial charge in [0.15, 0.2) is 12.4 Å². The van der Waals surface area contributed by atoms with Gasteiger partial charge in [-0.3, -0.25) is 4.79 Å². The van der Waals surface area contributed by atoms with E-state index < -0.39 is 5.91 Å². The largest absolute Gasteiger partial charge is 0.504 e. The zero-order valence-corrected chi connectivity index (χ0v) is 16.5. The van der Waals surface area contributed by atoms with Gasteiger partial charge in [0.1, 0.15) is 5.75 Å². The van der Waals surface area contributed by atoms with Gasteiger partial charge < -0.3 is 15.2 Å². The molecule has 0 saturated heterocycles. The first-order valence-corrected chi connectivity index (χ1v) is 9.37. The predicted molar refractivity (Wildman–Crippen MR) is 107 cm³/mol. The lowest BCUT2D eigenvalue weighted by Crippen LogP contribution is -2.20. The Kier molecular flexibility index (Phi) is 7.61. The van der Waals surface area contributed by atoms with Crippen molar-refractivity contribution < 1.29 is 14.6 Å². The molecule has 0 aromatic heterocycles. The zero-order valence-electron chi connectivity index (χ0n) is 14.9. The molecule has 0 unspecified atom stereocenters. The number of phenols is 1. The molecule has 0 aliphatic rings. The van der Waals surface area contributed by atoms with Gasteiger partial charge in [-0.25, -0.2) is 0 Å². The van der Waals surface area contributed by atoms with Gasteiger partial charge in [-0.15, -0.1) is 0 Å². The molecule has 140 valence electrons. The summed E-state index contributed by atoms with van der Waals surface area (Å²) in [5.74, 6) is 0.0875. The minimum Gasteiger partial charge on any atom is -0.504 e. The van der Waals surface area contributed by atoms with Crippen molar-refractivity contribution in [2.75, 3.05) is 11.9 Å². The van der Waals surface area contributed by atoms with Crippen LogP contribution in [0.3, 0.4) is 0 Å². The lowest BCUT2D eigenvalue weighted by Gasteiger charge is -2.13. The lowest BCUT2D eigenvalue weighted by atomic mass is 10.1. The van der Waals surface area contributed by atoms with E-state index in [0.717, 1.165) is 31.2 Å². The SMILES string of the molecule is CCCCCc1ccccc1OCC(=O)Nc1cc(Cl)c(C)c(Cl)c1O. The van der Waals surface area contributed by atoms with Crippen LogP contribution in [-0.2, 0) is 11.2 Å². The highest BCUT2D eigenvalue weighted by Crippen LogP contribution is 2.38.